The van der Waals surface area contributed by atoms with Gasteiger partial charge in [0.25, 0.3) is 0 Å². The number of carboxylic acids is 1. The molecule has 1 fully saturated rings. The number of aliphatic carboxylic acids is 1. The smallest absolute Gasteiger partial charge is 0.335 e. The number of nitrogens with zero attached hydrogens (tertiary/aromatic N) is 1. The normalized spacial score (nSPS) is 17.5. The zero-order valence-corrected chi connectivity index (χ0v) is 11.7. The summed E-state index contributed by atoms with van der Waals surface area (Å²) in [6, 6.07) is 9.54. The van der Waals surface area contributed by atoms with Crippen LogP contribution in [0.4, 0.5) is 0 Å². The minimum Gasteiger partial charge on any atom is -0.479 e. The minimum absolute atomic E-state index is 0.0413. The summed E-state index contributed by atoms with van der Waals surface area (Å²) in [7, 11) is 0. The standard InChI is InChI=1S/C15H19NO5/c17-13(11-21-10-12-4-2-1-3-5-12)16-8-6-15(20,7-9-16)14(18)19/h1-5,20H,6-11H2,(H,18,19). The predicted octanol–water partition coefficient (Wildman–Crippen LogP) is 0.641. The Morgan fingerprint density at radius 1 is 1.19 bits per heavy atom. The maximum Gasteiger partial charge on any atom is 0.335 e. The Labute approximate surface area is 122 Å². The Bertz CT molecular complexity index is 494. The number of ether oxygens (including phenoxy) is 1. The number of piperidine rings is 1. The average molecular weight is 293 g/mol. The van der Waals surface area contributed by atoms with Crippen LogP contribution in [0, 0.1) is 0 Å². The van der Waals surface area contributed by atoms with E-state index in [1.807, 2.05) is 30.3 Å². The molecule has 0 atom stereocenters. The molecule has 0 bridgehead atoms. The third kappa shape index (κ3) is 4.03. The molecule has 1 aliphatic heterocycles. The number of hydrogen-bond donors (Lipinski definition) is 2. The van der Waals surface area contributed by atoms with E-state index < -0.39 is 11.6 Å². The van der Waals surface area contributed by atoms with Gasteiger partial charge in [0.05, 0.1) is 6.61 Å². The van der Waals surface area contributed by atoms with Crippen molar-refractivity contribution in [3.05, 3.63) is 35.9 Å². The highest BCUT2D eigenvalue weighted by Gasteiger charge is 2.40. The second-order valence-corrected chi connectivity index (χ2v) is 5.20. The molecule has 2 rings (SSSR count). The monoisotopic (exact) mass is 293 g/mol. The van der Waals surface area contributed by atoms with Gasteiger partial charge in [0.2, 0.25) is 5.91 Å². The molecule has 1 aromatic rings. The fourth-order valence-corrected chi connectivity index (χ4v) is 2.26. The van der Waals surface area contributed by atoms with Crippen molar-refractivity contribution < 1.29 is 24.5 Å². The molecule has 0 aliphatic carbocycles. The molecule has 6 heteroatoms. The molecule has 1 aromatic carbocycles. The number of likely N-dealkylation sites (tertiary alicyclic amines) is 1. The number of carbonyl (C=O) groups is 2. The lowest BCUT2D eigenvalue weighted by atomic mass is 9.92. The van der Waals surface area contributed by atoms with Crippen molar-refractivity contribution in [2.45, 2.75) is 25.0 Å². The maximum absolute atomic E-state index is 11.9. The highest BCUT2D eigenvalue weighted by molar-refractivity contribution is 5.80. The lowest BCUT2D eigenvalue weighted by molar-refractivity contribution is -0.166. The molecule has 1 amide bonds. The van der Waals surface area contributed by atoms with Crippen LogP contribution in [0.15, 0.2) is 30.3 Å². The fourth-order valence-electron chi connectivity index (χ4n) is 2.26. The first kappa shape index (κ1) is 15.5. The van der Waals surface area contributed by atoms with E-state index in [1.54, 1.807) is 0 Å². The van der Waals surface area contributed by atoms with Crippen molar-refractivity contribution in [2.75, 3.05) is 19.7 Å². The van der Waals surface area contributed by atoms with E-state index in [0.29, 0.717) is 6.61 Å². The maximum atomic E-state index is 11.9. The van der Waals surface area contributed by atoms with Gasteiger partial charge in [0.15, 0.2) is 5.60 Å². The molecule has 0 aromatic heterocycles. The average Bonchev–Trinajstić information content (AvgIpc) is 2.49. The van der Waals surface area contributed by atoms with Gasteiger partial charge in [-0.1, -0.05) is 30.3 Å². The fraction of sp³-hybridized carbons (Fsp3) is 0.467. The molecule has 1 heterocycles. The molecule has 0 radical (unpaired) electrons. The van der Waals surface area contributed by atoms with Crippen molar-refractivity contribution >= 4 is 11.9 Å². The van der Waals surface area contributed by atoms with Crippen molar-refractivity contribution in [3.8, 4) is 0 Å². The Morgan fingerprint density at radius 2 is 1.81 bits per heavy atom. The van der Waals surface area contributed by atoms with Gasteiger partial charge >= 0.3 is 5.97 Å². The predicted molar refractivity (Wildman–Crippen MR) is 74.5 cm³/mol. The summed E-state index contributed by atoms with van der Waals surface area (Å²) >= 11 is 0. The molecular weight excluding hydrogens is 274 g/mol. The zero-order chi connectivity index (χ0) is 15.3. The quantitative estimate of drug-likeness (QED) is 0.832. The number of rotatable bonds is 5. The van der Waals surface area contributed by atoms with Gasteiger partial charge in [0.1, 0.15) is 6.61 Å². The van der Waals surface area contributed by atoms with Gasteiger partial charge in [-0.2, -0.15) is 0 Å². The molecule has 21 heavy (non-hydrogen) atoms. The first-order valence-electron chi connectivity index (χ1n) is 6.86. The molecular formula is C15H19NO5. The lowest BCUT2D eigenvalue weighted by Gasteiger charge is -2.35. The summed E-state index contributed by atoms with van der Waals surface area (Å²) in [5.41, 5.74) is -0.717. The van der Waals surface area contributed by atoms with Gasteiger partial charge in [-0.15, -0.1) is 0 Å². The van der Waals surface area contributed by atoms with E-state index in [0.717, 1.165) is 5.56 Å². The third-order valence-corrected chi connectivity index (χ3v) is 3.68. The van der Waals surface area contributed by atoms with Gasteiger partial charge in [-0.3, -0.25) is 4.79 Å². The lowest BCUT2D eigenvalue weighted by Crippen LogP contribution is -2.51. The van der Waals surface area contributed by atoms with Crippen LogP contribution in [0.2, 0.25) is 0 Å². The minimum atomic E-state index is -1.71. The van der Waals surface area contributed by atoms with Crippen LogP contribution in [0.5, 0.6) is 0 Å². The Morgan fingerprint density at radius 3 is 2.38 bits per heavy atom. The van der Waals surface area contributed by atoms with Gasteiger partial charge < -0.3 is 19.8 Å². The summed E-state index contributed by atoms with van der Waals surface area (Å²) in [6.45, 7) is 0.784. The molecule has 1 aliphatic rings. The van der Waals surface area contributed by atoms with Crippen LogP contribution in [-0.4, -0.2) is 52.3 Å². The van der Waals surface area contributed by atoms with Crippen LogP contribution >= 0.6 is 0 Å². The topological polar surface area (TPSA) is 87.1 Å². The van der Waals surface area contributed by atoms with E-state index in [2.05, 4.69) is 0 Å². The largest absolute Gasteiger partial charge is 0.479 e. The summed E-state index contributed by atoms with van der Waals surface area (Å²) in [5, 5.41) is 18.7. The summed E-state index contributed by atoms with van der Waals surface area (Å²) in [5.74, 6) is -1.41. The van der Waals surface area contributed by atoms with Gasteiger partial charge in [-0.05, 0) is 5.56 Å². The molecule has 1 saturated heterocycles. The van der Waals surface area contributed by atoms with Crippen LogP contribution < -0.4 is 0 Å². The van der Waals surface area contributed by atoms with E-state index in [9.17, 15) is 14.7 Å². The van der Waals surface area contributed by atoms with Crippen LogP contribution in [-0.2, 0) is 20.9 Å². The first-order chi connectivity index (χ1) is 10.0. The summed E-state index contributed by atoms with van der Waals surface area (Å²) in [6.07, 6.45) is 0.0967. The molecule has 0 saturated carbocycles. The molecule has 2 N–H and O–H groups in total. The zero-order valence-electron chi connectivity index (χ0n) is 11.7. The summed E-state index contributed by atoms with van der Waals surface area (Å²) < 4.78 is 5.36. The van der Waals surface area contributed by atoms with E-state index >= 15 is 0 Å². The number of carbonyl (C=O) groups excluding carboxylic acids is 1. The number of hydrogen-bond acceptors (Lipinski definition) is 4. The van der Waals surface area contributed by atoms with Crippen molar-refractivity contribution in [3.63, 3.8) is 0 Å². The third-order valence-electron chi connectivity index (χ3n) is 3.68. The SMILES string of the molecule is O=C(COCc1ccccc1)N1CCC(O)(C(=O)O)CC1. The van der Waals surface area contributed by atoms with Crippen LogP contribution in [0.1, 0.15) is 18.4 Å². The van der Waals surface area contributed by atoms with Crippen molar-refractivity contribution in [2.24, 2.45) is 0 Å². The summed E-state index contributed by atoms with van der Waals surface area (Å²) in [4.78, 5) is 24.4. The molecule has 0 spiro atoms. The van der Waals surface area contributed by atoms with Crippen molar-refractivity contribution in [1.29, 1.82) is 0 Å². The Kier molecular flexibility index (Phi) is 4.93. The Hall–Kier alpha value is -1.92. The van der Waals surface area contributed by atoms with Crippen LogP contribution in [0.25, 0.3) is 0 Å². The number of benzene rings is 1. The molecule has 6 nitrogen and oxygen atoms in total. The van der Waals surface area contributed by atoms with E-state index in [1.165, 1.54) is 4.90 Å². The van der Waals surface area contributed by atoms with Crippen LogP contribution in [0.3, 0.4) is 0 Å². The molecule has 0 unspecified atom stereocenters. The van der Waals surface area contributed by atoms with E-state index in [4.69, 9.17) is 9.84 Å². The van der Waals surface area contributed by atoms with Crippen molar-refractivity contribution in [1.82, 2.24) is 4.90 Å². The number of amides is 1. The first-order valence-corrected chi connectivity index (χ1v) is 6.86. The second-order valence-electron chi connectivity index (χ2n) is 5.20. The highest BCUT2D eigenvalue weighted by Crippen LogP contribution is 2.22. The van der Waals surface area contributed by atoms with E-state index in [-0.39, 0.29) is 38.4 Å². The van der Waals surface area contributed by atoms with Gasteiger partial charge in [0, 0.05) is 25.9 Å². The highest BCUT2D eigenvalue weighted by atomic mass is 16.5. The molecule has 114 valence electrons. The number of carboxylic acid groups (broad SMARTS) is 1. The Balaban J connectivity index is 1.74. The number of aliphatic hydroxyl groups is 1. The van der Waals surface area contributed by atoms with Gasteiger partial charge in [-0.25, -0.2) is 4.79 Å². The second kappa shape index (κ2) is 6.69.